The standard InChI is InChI=1S/C23H35N3O4/c1-16-6-7-19(14-17(16)2)21(28)25-15-18-9-12-26(13-10-18)20(27)8-11-24-22(29)30-23(3,4)5/h6-7,14,18H,8-13,15H2,1-5H3,(H,24,29)(H,25,28). The van der Waals surface area contributed by atoms with Crippen molar-refractivity contribution in [3.05, 3.63) is 34.9 Å². The number of nitrogens with zero attached hydrogens (tertiary/aromatic N) is 1. The lowest BCUT2D eigenvalue weighted by Crippen LogP contribution is -2.42. The zero-order chi connectivity index (χ0) is 22.3. The van der Waals surface area contributed by atoms with E-state index in [1.807, 2.05) is 36.9 Å². The van der Waals surface area contributed by atoms with Crippen LogP contribution in [0.3, 0.4) is 0 Å². The number of carbonyl (C=O) groups excluding carboxylic acids is 3. The van der Waals surface area contributed by atoms with Crippen LogP contribution < -0.4 is 10.6 Å². The second-order valence-corrected chi connectivity index (χ2v) is 9.01. The zero-order valence-corrected chi connectivity index (χ0v) is 18.8. The normalized spacial score (nSPS) is 14.9. The van der Waals surface area contributed by atoms with Gasteiger partial charge in [-0.15, -0.1) is 0 Å². The fourth-order valence-electron chi connectivity index (χ4n) is 3.35. The van der Waals surface area contributed by atoms with E-state index in [0.717, 1.165) is 18.4 Å². The van der Waals surface area contributed by atoms with E-state index in [2.05, 4.69) is 10.6 Å². The second kappa shape index (κ2) is 10.5. The summed E-state index contributed by atoms with van der Waals surface area (Å²) in [5.41, 5.74) is 2.41. The van der Waals surface area contributed by atoms with Gasteiger partial charge in [-0.2, -0.15) is 0 Å². The van der Waals surface area contributed by atoms with E-state index >= 15 is 0 Å². The molecule has 0 aromatic heterocycles. The Morgan fingerprint density at radius 1 is 1.07 bits per heavy atom. The van der Waals surface area contributed by atoms with E-state index < -0.39 is 11.7 Å². The number of piperidine rings is 1. The maximum absolute atomic E-state index is 12.4. The molecule has 166 valence electrons. The van der Waals surface area contributed by atoms with Crippen molar-refractivity contribution in [2.75, 3.05) is 26.2 Å². The topological polar surface area (TPSA) is 87.7 Å². The van der Waals surface area contributed by atoms with Crippen molar-refractivity contribution in [2.45, 2.75) is 59.5 Å². The van der Waals surface area contributed by atoms with Gasteiger partial charge in [0.15, 0.2) is 0 Å². The van der Waals surface area contributed by atoms with Crippen LogP contribution in [0.4, 0.5) is 4.79 Å². The van der Waals surface area contributed by atoms with Gasteiger partial charge in [-0.05, 0) is 76.6 Å². The molecule has 2 N–H and O–H groups in total. The molecule has 0 radical (unpaired) electrons. The number of hydrogen-bond acceptors (Lipinski definition) is 4. The van der Waals surface area contributed by atoms with Gasteiger partial charge in [0.25, 0.3) is 5.91 Å². The Bertz CT molecular complexity index is 762. The molecule has 1 fully saturated rings. The van der Waals surface area contributed by atoms with Gasteiger partial charge in [0.2, 0.25) is 5.91 Å². The van der Waals surface area contributed by atoms with E-state index in [4.69, 9.17) is 4.74 Å². The minimum absolute atomic E-state index is 0.0312. The highest BCUT2D eigenvalue weighted by Crippen LogP contribution is 2.17. The highest BCUT2D eigenvalue weighted by atomic mass is 16.6. The molecule has 1 aliphatic rings. The zero-order valence-electron chi connectivity index (χ0n) is 18.8. The molecule has 0 atom stereocenters. The van der Waals surface area contributed by atoms with Gasteiger partial charge in [0.1, 0.15) is 5.60 Å². The lowest BCUT2D eigenvalue weighted by molar-refractivity contribution is -0.132. The van der Waals surface area contributed by atoms with E-state index in [9.17, 15) is 14.4 Å². The maximum Gasteiger partial charge on any atom is 0.407 e. The van der Waals surface area contributed by atoms with Gasteiger partial charge < -0.3 is 20.3 Å². The van der Waals surface area contributed by atoms with Crippen LogP contribution >= 0.6 is 0 Å². The van der Waals surface area contributed by atoms with E-state index in [-0.39, 0.29) is 24.8 Å². The first-order valence-electron chi connectivity index (χ1n) is 10.7. The summed E-state index contributed by atoms with van der Waals surface area (Å²) in [6.45, 7) is 11.7. The van der Waals surface area contributed by atoms with E-state index in [0.29, 0.717) is 31.1 Å². The van der Waals surface area contributed by atoms with Crippen LogP contribution in [0.5, 0.6) is 0 Å². The van der Waals surface area contributed by atoms with Gasteiger partial charge in [-0.1, -0.05) is 6.07 Å². The molecule has 0 bridgehead atoms. The maximum atomic E-state index is 12.4. The number of ether oxygens (including phenoxy) is 1. The number of benzene rings is 1. The predicted molar refractivity (Wildman–Crippen MR) is 116 cm³/mol. The largest absolute Gasteiger partial charge is 0.444 e. The number of aryl methyl sites for hydroxylation is 2. The molecule has 0 spiro atoms. The Labute approximate surface area is 179 Å². The summed E-state index contributed by atoms with van der Waals surface area (Å²) < 4.78 is 5.16. The van der Waals surface area contributed by atoms with Crippen LogP contribution in [-0.4, -0.2) is 54.6 Å². The number of carbonyl (C=O) groups is 3. The van der Waals surface area contributed by atoms with E-state index in [1.54, 1.807) is 20.8 Å². The highest BCUT2D eigenvalue weighted by Gasteiger charge is 2.23. The fourth-order valence-corrected chi connectivity index (χ4v) is 3.35. The van der Waals surface area contributed by atoms with Gasteiger partial charge in [0.05, 0.1) is 0 Å². The molecule has 1 aromatic carbocycles. The van der Waals surface area contributed by atoms with Crippen molar-refractivity contribution in [1.82, 2.24) is 15.5 Å². The molecule has 7 nitrogen and oxygen atoms in total. The molecular weight excluding hydrogens is 382 g/mol. The molecule has 3 amide bonds. The minimum Gasteiger partial charge on any atom is -0.444 e. The first-order chi connectivity index (χ1) is 14.0. The van der Waals surface area contributed by atoms with Crippen molar-refractivity contribution in [3.8, 4) is 0 Å². The number of hydrogen-bond donors (Lipinski definition) is 2. The Hall–Kier alpha value is -2.57. The van der Waals surface area contributed by atoms with Gasteiger partial charge >= 0.3 is 6.09 Å². The average Bonchev–Trinajstić information content (AvgIpc) is 2.67. The minimum atomic E-state index is -0.552. The average molecular weight is 418 g/mol. The van der Waals surface area contributed by atoms with Crippen LogP contribution in [0.1, 0.15) is 61.5 Å². The van der Waals surface area contributed by atoms with Gasteiger partial charge in [-0.25, -0.2) is 4.79 Å². The third-order valence-electron chi connectivity index (χ3n) is 5.29. The fraction of sp³-hybridized carbons (Fsp3) is 0.609. The summed E-state index contributed by atoms with van der Waals surface area (Å²) in [7, 11) is 0. The molecule has 2 rings (SSSR count). The van der Waals surface area contributed by atoms with E-state index in [1.165, 1.54) is 5.56 Å². The smallest absolute Gasteiger partial charge is 0.407 e. The Morgan fingerprint density at radius 3 is 2.33 bits per heavy atom. The third-order valence-corrected chi connectivity index (χ3v) is 5.29. The summed E-state index contributed by atoms with van der Waals surface area (Å²) >= 11 is 0. The summed E-state index contributed by atoms with van der Waals surface area (Å²) in [4.78, 5) is 38.2. The molecule has 0 aliphatic carbocycles. The van der Waals surface area contributed by atoms with Crippen molar-refractivity contribution in [2.24, 2.45) is 5.92 Å². The Morgan fingerprint density at radius 2 is 1.73 bits per heavy atom. The highest BCUT2D eigenvalue weighted by molar-refractivity contribution is 5.94. The lowest BCUT2D eigenvalue weighted by Gasteiger charge is -2.32. The van der Waals surface area contributed by atoms with Crippen molar-refractivity contribution in [3.63, 3.8) is 0 Å². The van der Waals surface area contributed by atoms with Crippen molar-refractivity contribution < 1.29 is 19.1 Å². The van der Waals surface area contributed by atoms with Crippen molar-refractivity contribution in [1.29, 1.82) is 0 Å². The van der Waals surface area contributed by atoms with Gasteiger partial charge in [-0.3, -0.25) is 9.59 Å². The molecule has 0 saturated carbocycles. The van der Waals surface area contributed by atoms with Crippen LogP contribution in [0.15, 0.2) is 18.2 Å². The number of likely N-dealkylation sites (tertiary alicyclic amines) is 1. The first kappa shape index (κ1) is 23.7. The number of amides is 3. The molecule has 1 saturated heterocycles. The summed E-state index contributed by atoms with van der Waals surface area (Å²) in [6, 6.07) is 5.73. The third kappa shape index (κ3) is 7.69. The number of rotatable bonds is 6. The SMILES string of the molecule is Cc1ccc(C(=O)NCC2CCN(C(=O)CCNC(=O)OC(C)(C)C)CC2)cc1C. The lowest BCUT2D eigenvalue weighted by atomic mass is 9.96. The van der Waals surface area contributed by atoms with Crippen LogP contribution in [-0.2, 0) is 9.53 Å². The molecule has 1 aliphatic heterocycles. The summed E-state index contributed by atoms with van der Waals surface area (Å²) in [5.74, 6) is 0.345. The van der Waals surface area contributed by atoms with Gasteiger partial charge in [0, 0.05) is 38.2 Å². The van der Waals surface area contributed by atoms with Crippen molar-refractivity contribution >= 4 is 17.9 Å². The first-order valence-corrected chi connectivity index (χ1v) is 10.7. The molecule has 1 aromatic rings. The monoisotopic (exact) mass is 417 g/mol. The quantitative estimate of drug-likeness (QED) is 0.744. The number of alkyl carbamates (subject to hydrolysis) is 1. The molecular formula is C23H35N3O4. The predicted octanol–water partition coefficient (Wildman–Crippen LogP) is 3.19. The molecule has 0 unspecified atom stereocenters. The molecule has 7 heteroatoms. The molecule has 1 heterocycles. The summed E-state index contributed by atoms with van der Waals surface area (Å²) in [5, 5.41) is 5.64. The second-order valence-electron chi connectivity index (χ2n) is 9.01. The van der Waals surface area contributed by atoms with Crippen LogP contribution in [0.2, 0.25) is 0 Å². The van der Waals surface area contributed by atoms with Crippen LogP contribution in [0, 0.1) is 19.8 Å². The Balaban J connectivity index is 1.66. The Kier molecular flexibility index (Phi) is 8.26. The molecule has 30 heavy (non-hydrogen) atoms. The summed E-state index contributed by atoms with van der Waals surface area (Å²) in [6.07, 6.45) is 1.47. The number of nitrogens with one attached hydrogen (secondary N) is 2. The van der Waals surface area contributed by atoms with Crippen LogP contribution in [0.25, 0.3) is 0 Å².